The Balaban J connectivity index is 1.65. The zero-order valence-corrected chi connectivity index (χ0v) is 12.6. The summed E-state index contributed by atoms with van der Waals surface area (Å²) in [4.78, 5) is 19.5. The second-order valence-corrected chi connectivity index (χ2v) is 6.11. The first-order chi connectivity index (χ1) is 10.3. The van der Waals surface area contributed by atoms with Gasteiger partial charge in [0, 0.05) is 37.9 Å². The highest BCUT2D eigenvalue weighted by Crippen LogP contribution is 2.19. The molecule has 0 aliphatic carbocycles. The molecule has 0 saturated carbocycles. The summed E-state index contributed by atoms with van der Waals surface area (Å²) in [6.07, 6.45) is 4.13. The van der Waals surface area contributed by atoms with Crippen LogP contribution >= 0.6 is 11.3 Å². The lowest BCUT2D eigenvalue weighted by Gasteiger charge is -2.35. The quantitative estimate of drug-likeness (QED) is 0.796. The van der Waals surface area contributed by atoms with Crippen molar-refractivity contribution >= 4 is 17.1 Å². The highest BCUT2D eigenvalue weighted by atomic mass is 32.1. The van der Waals surface area contributed by atoms with Crippen LogP contribution in [0.25, 0.3) is 0 Å². The van der Waals surface area contributed by atoms with Crippen LogP contribution in [0.3, 0.4) is 0 Å². The minimum absolute atomic E-state index is 0.154. The van der Waals surface area contributed by atoms with Crippen molar-refractivity contribution in [1.29, 1.82) is 0 Å². The summed E-state index contributed by atoms with van der Waals surface area (Å²) in [5, 5.41) is 1.94. The Bertz CT molecular complexity index is 571. The van der Waals surface area contributed by atoms with Crippen molar-refractivity contribution < 1.29 is 9.53 Å². The van der Waals surface area contributed by atoms with Crippen molar-refractivity contribution in [3.8, 4) is 0 Å². The Morgan fingerprint density at radius 1 is 1.38 bits per heavy atom. The molecule has 1 aliphatic rings. The van der Waals surface area contributed by atoms with Gasteiger partial charge in [-0.1, -0.05) is 6.07 Å². The van der Waals surface area contributed by atoms with Crippen LogP contribution in [0.2, 0.25) is 0 Å². The summed E-state index contributed by atoms with van der Waals surface area (Å²) in [7, 11) is 0. The SMILES string of the molecule is O=C(CC1COCCN1Cc1ccncc1)c1cccs1. The normalized spacial score (nSPS) is 19.5. The number of hydrogen-bond acceptors (Lipinski definition) is 5. The smallest absolute Gasteiger partial charge is 0.174 e. The molecule has 2 aromatic heterocycles. The average molecular weight is 302 g/mol. The molecular formula is C16H18N2O2S. The number of morpholine rings is 1. The summed E-state index contributed by atoms with van der Waals surface area (Å²) in [5.74, 6) is 0.209. The highest BCUT2D eigenvalue weighted by Gasteiger charge is 2.26. The molecule has 21 heavy (non-hydrogen) atoms. The maximum absolute atomic E-state index is 12.3. The first-order valence-electron chi connectivity index (χ1n) is 7.10. The number of Topliss-reactive ketones (excluding diaryl/α,β-unsaturated/α-hetero) is 1. The van der Waals surface area contributed by atoms with Gasteiger partial charge < -0.3 is 4.74 Å². The van der Waals surface area contributed by atoms with Crippen molar-refractivity contribution in [2.75, 3.05) is 19.8 Å². The number of pyridine rings is 1. The first-order valence-corrected chi connectivity index (χ1v) is 7.98. The minimum atomic E-state index is 0.154. The average Bonchev–Trinajstić information content (AvgIpc) is 3.05. The van der Waals surface area contributed by atoms with E-state index in [-0.39, 0.29) is 11.8 Å². The van der Waals surface area contributed by atoms with Crippen LogP contribution in [0.15, 0.2) is 42.0 Å². The highest BCUT2D eigenvalue weighted by molar-refractivity contribution is 7.12. The Labute approximate surface area is 128 Å². The number of aromatic nitrogens is 1. The lowest BCUT2D eigenvalue weighted by molar-refractivity contribution is -0.0125. The van der Waals surface area contributed by atoms with Crippen molar-refractivity contribution in [2.45, 2.75) is 19.0 Å². The third-order valence-electron chi connectivity index (χ3n) is 3.70. The van der Waals surface area contributed by atoms with Crippen LogP contribution < -0.4 is 0 Å². The minimum Gasteiger partial charge on any atom is -0.378 e. The summed E-state index contributed by atoms with van der Waals surface area (Å²) < 4.78 is 5.57. The van der Waals surface area contributed by atoms with Crippen molar-refractivity contribution in [1.82, 2.24) is 9.88 Å². The number of nitrogens with zero attached hydrogens (tertiary/aromatic N) is 2. The van der Waals surface area contributed by atoms with Gasteiger partial charge in [0.05, 0.1) is 18.1 Å². The van der Waals surface area contributed by atoms with Crippen LogP contribution in [0.5, 0.6) is 0 Å². The summed E-state index contributed by atoms with van der Waals surface area (Å²) in [5.41, 5.74) is 1.22. The monoisotopic (exact) mass is 302 g/mol. The number of ketones is 1. The lowest BCUT2D eigenvalue weighted by Crippen LogP contribution is -2.45. The third kappa shape index (κ3) is 3.75. The number of carbonyl (C=O) groups excluding carboxylic acids is 1. The van der Waals surface area contributed by atoms with E-state index in [0.717, 1.165) is 24.6 Å². The van der Waals surface area contributed by atoms with Gasteiger partial charge in [0.15, 0.2) is 5.78 Å². The van der Waals surface area contributed by atoms with Gasteiger partial charge in [0.25, 0.3) is 0 Å². The molecule has 0 spiro atoms. The van der Waals surface area contributed by atoms with E-state index in [4.69, 9.17) is 4.74 Å². The molecule has 4 nitrogen and oxygen atoms in total. The first kappa shape index (κ1) is 14.4. The van der Waals surface area contributed by atoms with Gasteiger partial charge in [0.1, 0.15) is 0 Å². The van der Waals surface area contributed by atoms with Gasteiger partial charge in [0.2, 0.25) is 0 Å². The maximum atomic E-state index is 12.3. The van der Waals surface area contributed by atoms with Gasteiger partial charge >= 0.3 is 0 Å². The molecule has 1 unspecified atom stereocenters. The zero-order valence-electron chi connectivity index (χ0n) is 11.8. The Morgan fingerprint density at radius 3 is 3.00 bits per heavy atom. The van der Waals surface area contributed by atoms with Gasteiger partial charge in [-0.25, -0.2) is 0 Å². The second kappa shape index (κ2) is 6.93. The molecule has 0 aromatic carbocycles. The lowest BCUT2D eigenvalue weighted by atomic mass is 10.1. The molecule has 0 N–H and O–H groups in total. The molecule has 3 rings (SSSR count). The molecule has 1 fully saturated rings. The molecule has 1 atom stereocenters. The zero-order chi connectivity index (χ0) is 14.5. The topological polar surface area (TPSA) is 42.4 Å². The molecule has 5 heteroatoms. The van der Waals surface area contributed by atoms with Crippen LogP contribution in [0.4, 0.5) is 0 Å². The maximum Gasteiger partial charge on any atom is 0.174 e. The molecule has 1 aliphatic heterocycles. The van der Waals surface area contributed by atoms with Crippen LogP contribution in [0, 0.1) is 0 Å². The number of ether oxygens (including phenoxy) is 1. The van der Waals surface area contributed by atoms with Gasteiger partial charge in [-0.3, -0.25) is 14.7 Å². The Kier molecular flexibility index (Phi) is 4.75. The molecule has 3 heterocycles. The van der Waals surface area contributed by atoms with Gasteiger partial charge in [-0.05, 0) is 29.1 Å². The van der Waals surface area contributed by atoms with Crippen molar-refractivity contribution in [2.24, 2.45) is 0 Å². The number of carbonyl (C=O) groups is 1. The van der Waals surface area contributed by atoms with E-state index in [1.165, 1.54) is 16.9 Å². The second-order valence-electron chi connectivity index (χ2n) is 5.16. The van der Waals surface area contributed by atoms with Crippen molar-refractivity contribution in [3.63, 3.8) is 0 Å². The van der Waals surface area contributed by atoms with E-state index in [9.17, 15) is 4.79 Å². The Hall–Kier alpha value is -1.56. The predicted octanol–water partition coefficient (Wildman–Crippen LogP) is 2.62. The Morgan fingerprint density at radius 2 is 2.24 bits per heavy atom. The molecule has 0 bridgehead atoms. The van der Waals surface area contributed by atoms with E-state index in [0.29, 0.717) is 13.0 Å². The molecule has 0 amide bonds. The number of rotatable bonds is 5. The van der Waals surface area contributed by atoms with E-state index < -0.39 is 0 Å². The standard InChI is InChI=1S/C16H18N2O2S/c19-15(16-2-1-9-21-16)10-14-12-20-8-7-18(14)11-13-3-5-17-6-4-13/h1-6,9,14H,7-8,10-12H2. The van der Waals surface area contributed by atoms with Gasteiger partial charge in [-0.2, -0.15) is 0 Å². The van der Waals surface area contributed by atoms with E-state index in [1.54, 1.807) is 0 Å². The third-order valence-corrected chi connectivity index (χ3v) is 4.61. The van der Waals surface area contributed by atoms with Crippen molar-refractivity contribution in [3.05, 3.63) is 52.5 Å². The molecular weight excluding hydrogens is 284 g/mol. The fraction of sp³-hybridized carbons (Fsp3) is 0.375. The number of thiophene rings is 1. The van der Waals surface area contributed by atoms with Crippen LogP contribution in [-0.4, -0.2) is 41.5 Å². The van der Waals surface area contributed by atoms with E-state index in [1.807, 2.05) is 42.0 Å². The fourth-order valence-corrected chi connectivity index (χ4v) is 3.24. The molecule has 2 aromatic rings. The summed E-state index contributed by atoms with van der Waals surface area (Å²) in [6, 6.07) is 8.01. The molecule has 1 saturated heterocycles. The summed E-state index contributed by atoms with van der Waals surface area (Å²) >= 11 is 1.51. The fourth-order valence-electron chi connectivity index (χ4n) is 2.56. The summed E-state index contributed by atoms with van der Waals surface area (Å²) in [6.45, 7) is 3.07. The molecule has 110 valence electrons. The van der Waals surface area contributed by atoms with Crippen LogP contribution in [0.1, 0.15) is 21.7 Å². The molecule has 0 radical (unpaired) electrons. The van der Waals surface area contributed by atoms with Gasteiger partial charge in [-0.15, -0.1) is 11.3 Å². The predicted molar refractivity (Wildman–Crippen MR) is 82.5 cm³/mol. The van der Waals surface area contributed by atoms with Crippen LogP contribution in [-0.2, 0) is 11.3 Å². The van der Waals surface area contributed by atoms with E-state index in [2.05, 4.69) is 9.88 Å². The van der Waals surface area contributed by atoms with E-state index >= 15 is 0 Å². The number of hydrogen-bond donors (Lipinski definition) is 0. The largest absolute Gasteiger partial charge is 0.378 e.